The lowest BCUT2D eigenvalue weighted by molar-refractivity contribution is -0.740. The molecule has 0 saturated carbocycles. The number of nitrogens with zero attached hydrogens (tertiary/aromatic N) is 1. The maximum absolute atomic E-state index is 12.9. The predicted octanol–water partition coefficient (Wildman–Crippen LogP) is 0.112. The first-order valence-corrected chi connectivity index (χ1v) is 8.70. The molecule has 140 valence electrons. The van der Waals surface area contributed by atoms with Gasteiger partial charge in [0.25, 0.3) is 0 Å². The molecule has 2 amide bonds. The van der Waals surface area contributed by atoms with Gasteiger partial charge in [-0.15, -0.1) is 0 Å². The summed E-state index contributed by atoms with van der Waals surface area (Å²) in [7, 11) is 4.36. The Balaban J connectivity index is 2.21. The summed E-state index contributed by atoms with van der Waals surface area (Å²) in [6.07, 6.45) is 0. The summed E-state index contributed by atoms with van der Waals surface area (Å²) >= 11 is 0. The summed E-state index contributed by atoms with van der Waals surface area (Å²) in [5, 5.41) is 1.85. The normalized spacial score (nSPS) is 30.7. The summed E-state index contributed by atoms with van der Waals surface area (Å²) in [5.41, 5.74) is -0.351. The van der Waals surface area contributed by atoms with Gasteiger partial charge in [-0.25, -0.2) is 4.79 Å². The lowest BCUT2D eigenvalue weighted by Crippen LogP contribution is -2.99. The van der Waals surface area contributed by atoms with Crippen LogP contribution in [0, 0.1) is 17.8 Å². The van der Waals surface area contributed by atoms with E-state index >= 15 is 0 Å². The lowest BCUT2D eigenvalue weighted by atomic mass is 9.73. The van der Waals surface area contributed by atoms with Crippen LogP contribution < -0.4 is 10.1 Å². The van der Waals surface area contributed by atoms with Crippen LogP contribution in [0.4, 0.5) is 0 Å². The standard InChI is InChI=1S/C19H24N2O5/c1-10(2)19(18(24)26-5)14-13(16(22)21(3)17(14)23)15(20-19)11-8-6-7-9-12(11)25-4/h6-10,13-15,20H,1-5H3/p+1/t13-,14-,15-,19+/m0/s1. The molecule has 1 aromatic rings. The number of esters is 1. The molecule has 2 N–H and O–H groups in total. The molecule has 0 aromatic heterocycles. The molecular formula is C19H25N2O5+. The molecular weight excluding hydrogens is 336 g/mol. The van der Waals surface area contributed by atoms with Crippen molar-refractivity contribution >= 4 is 17.8 Å². The Morgan fingerprint density at radius 2 is 1.85 bits per heavy atom. The average molecular weight is 361 g/mol. The van der Waals surface area contributed by atoms with Crippen molar-refractivity contribution in [3.8, 4) is 5.75 Å². The van der Waals surface area contributed by atoms with Gasteiger partial charge in [0.1, 0.15) is 23.6 Å². The zero-order chi connectivity index (χ0) is 19.2. The molecule has 0 radical (unpaired) electrons. The number of nitrogens with two attached hydrogens (primary N) is 1. The Bertz CT molecular complexity index is 762. The zero-order valence-corrected chi connectivity index (χ0v) is 15.7. The van der Waals surface area contributed by atoms with E-state index in [0.29, 0.717) is 5.75 Å². The van der Waals surface area contributed by atoms with Crippen molar-refractivity contribution in [2.75, 3.05) is 21.3 Å². The number of methoxy groups -OCH3 is 2. The smallest absolute Gasteiger partial charge is 0.368 e. The van der Waals surface area contributed by atoms with Gasteiger partial charge in [0, 0.05) is 13.0 Å². The molecule has 2 saturated heterocycles. The summed E-state index contributed by atoms with van der Waals surface area (Å²) in [6.45, 7) is 3.76. The number of quaternary nitrogens is 1. The second-order valence-corrected chi connectivity index (χ2v) is 7.25. The second-order valence-electron chi connectivity index (χ2n) is 7.25. The molecule has 2 heterocycles. The number of hydrogen-bond donors (Lipinski definition) is 1. The van der Waals surface area contributed by atoms with E-state index in [9.17, 15) is 14.4 Å². The van der Waals surface area contributed by atoms with Crippen molar-refractivity contribution in [3.05, 3.63) is 29.8 Å². The fraction of sp³-hybridized carbons (Fsp3) is 0.526. The van der Waals surface area contributed by atoms with Crippen LogP contribution in [0.25, 0.3) is 0 Å². The van der Waals surface area contributed by atoms with Gasteiger partial charge in [-0.3, -0.25) is 14.5 Å². The number of para-hydroxylation sites is 1. The third-order valence-corrected chi connectivity index (χ3v) is 5.92. The molecule has 2 fully saturated rings. The van der Waals surface area contributed by atoms with E-state index < -0.39 is 29.4 Å². The average Bonchev–Trinajstić information content (AvgIpc) is 3.12. The highest BCUT2D eigenvalue weighted by Crippen LogP contribution is 2.47. The van der Waals surface area contributed by atoms with E-state index in [0.717, 1.165) is 10.5 Å². The fourth-order valence-corrected chi connectivity index (χ4v) is 4.59. The number of carbonyl (C=O) groups is 3. The van der Waals surface area contributed by atoms with Crippen molar-refractivity contribution in [1.82, 2.24) is 4.90 Å². The van der Waals surface area contributed by atoms with Gasteiger partial charge in [0.15, 0.2) is 0 Å². The van der Waals surface area contributed by atoms with Crippen LogP contribution in [0.2, 0.25) is 0 Å². The van der Waals surface area contributed by atoms with E-state index in [1.54, 1.807) is 7.11 Å². The molecule has 4 atom stereocenters. The van der Waals surface area contributed by atoms with Crippen molar-refractivity contribution in [3.63, 3.8) is 0 Å². The minimum Gasteiger partial charge on any atom is -0.496 e. The van der Waals surface area contributed by atoms with Gasteiger partial charge < -0.3 is 14.8 Å². The van der Waals surface area contributed by atoms with Crippen LogP contribution in [0.5, 0.6) is 5.75 Å². The zero-order valence-electron chi connectivity index (χ0n) is 15.7. The first kappa shape index (κ1) is 18.4. The molecule has 2 aliphatic heterocycles. The highest BCUT2D eigenvalue weighted by molar-refractivity contribution is 6.08. The highest BCUT2D eigenvalue weighted by Gasteiger charge is 2.73. The van der Waals surface area contributed by atoms with Gasteiger partial charge in [0.05, 0.1) is 19.8 Å². The van der Waals surface area contributed by atoms with Crippen LogP contribution in [0.15, 0.2) is 24.3 Å². The number of rotatable bonds is 4. The number of likely N-dealkylation sites (tertiary alicyclic amines) is 1. The number of amides is 2. The molecule has 7 nitrogen and oxygen atoms in total. The minimum absolute atomic E-state index is 0.203. The fourth-order valence-electron chi connectivity index (χ4n) is 4.59. The number of fused-ring (bicyclic) bond motifs is 1. The Kier molecular flexibility index (Phi) is 4.52. The largest absolute Gasteiger partial charge is 0.496 e. The molecule has 0 aliphatic carbocycles. The van der Waals surface area contributed by atoms with Crippen molar-refractivity contribution in [1.29, 1.82) is 0 Å². The maximum Gasteiger partial charge on any atom is 0.368 e. The molecule has 2 aliphatic rings. The van der Waals surface area contributed by atoms with E-state index in [2.05, 4.69) is 0 Å². The Labute approximate surface area is 152 Å². The van der Waals surface area contributed by atoms with Crippen molar-refractivity contribution in [2.45, 2.75) is 25.4 Å². The molecule has 0 unspecified atom stereocenters. The van der Waals surface area contributed by atoms with E-state index in [1.165, 1.54) is 14.2 Å². The monoisotopic (exact) mass is 361 g/mol. The van der Waals surface area contributed by atoms with Crippen molar-refractivity contribution in [2.24, 2.45) is 17.8 Å². The van der Waals surface area contributed by atoms with Crippen LogP contribution in [0.1, 0.15) is 25.5 Å². The molecule has 0 spiro atoms. The van der Waals surface area contributed by atoms with E-state index in [4.69, 9.17) is 9.47 Å². The van der Waals surface area contributed by atoms with Gasteiger partial charge in [-0.2, -0.15) is 0 Å². The second kappa shape index (κ2) is 6.39. The predicted molar refractivity (Wildman–Crippen MR) is 92.0 cm³/mol. The van der Waals surface area contributed by atoms with E-state index in [1.807, 2.05) is 43.4 Å². The molecule has 0 bridgehead atoms. The first-order chi connectivity index (χ1) is 12.3. The Morgan fingerprint density at radius 3 is 2.42 bits per heavy atom. The van der Waals surface area contributed by atoms with Crippen molar-refractivity contribution < 1.29 is 29.2 Å². The Hall–Kier alpha value is -2.41. The number of carbonyl (C=O) groups excluding carboxylic acids is 3. The lowest BCUT2D eigenvalue weighted by Gasteiger charge is -2.32. The Morgan fingerprint density at radius 1 is 1.19 bits per heavy atom. The SMILES string of the molecule is COC(=O)[C@]1(C(C)C)[NH2+][C@@H](c2ccccc2OC)[C@H]2C(=O)N(C)C(=O)[C@H]21. The first-order valence-electron chi connectivity index (χ1n) is 8.70. The molecule has 7 heteroatoms. The maximum atomic E-state index is 12.9. The summed E-state index contributed by atoms with van der Waals surface area (Å²) in [5.74, 6) is -2.03. The summed E-state index contributed by atoms with van der Waals surface area (Å²) in [6, 6.07) is 6.99. The van der Waals surface area contributed by atoms with Gasteiger partial charge in [0.2, 0.25) is 17.4 Å². The minimum atomic E-state index is -1.15. The number of imide groups is 1. The van der Waals surface area contributed by atoms with Crippen LogP contribution in [-0.2, 0) is 19.1 Å². The van der Waals surface area contributed by atoms with Gasteiger partial charge in [-0.05, 0) is 12.1 Å². The third kappa shape index (κ3) is 2.26. The van der Waals surface area contributed by atoms with Crippen LogP contribution in [-0.4, -0.2) is 49.5 Å². The molecule has 3 rings (SSSR count). The molecule has 1 aromatic carbocycles. The van der Waals surface area contributed by atoms with Gasteiger partial charge in [-0.1, -0.05) is 26.0 Å². The topological polar surface area (TPSA) is 89.5 Å². The number of hydrogen-bond acceptors (Lipinski definition) is 5. The van der Waals surface area contributed by atoms with Crippen LogP contribution in [0.3, 0.4) is 0 Å². The van der Waals surface area contributed by atoms with Crippen LogP contribution >= 0.6 is 0 Å². The van der Waals surface area contributed by atoms with Gasteiger partial charge >= 0.3 is 5.97 Å². The summed E-state index contributed by atoms with van der Waals surface area (Å²) in [4.78, 5) is 39.8. The number of benzene rings is 1. The third-order valence-electron chi connectivity index (χ3n) is 5.92. The number of ether oxygens (including phenoxy) is 2. The quantitative estimate of drug-likeness (QED) is 0.607. The molecule has 26 heavy (non-hydrogen) atoms. The summed E-state index contributed by atoms with van der Waals surface area (Å²) < 4.78 is 10.5. The van der Waals surface area contributed by atoms with E-state index in [-0.39, 0.29) is 17.7 Å². The highest BCUT2D eigenvalue weighted by atomic mass is 16.5.